The Balaban J connectivity index is 0.00000264. The molecule has 2 N–H and O–H groups in total. The second-order valence-electron chi connectivity index (χ2n) is 5.83. The van der Waals surface area contributed by atoms with Crippen LogP contribution in [0.25, 0.3) is 0 Å². The standard InChI is InChI=1S/C17H26N2O3.ClH/c1-12-8-9-18-11-14(12)19-17(20)7-5-13-4-6-15(21-2)16(10-13)22-3;/h4,6,10,12,14,18H,5,7-9,11H2,1-3H3,(H,19,20);1H. The maximum absolute atomic E-state index is 12.1. The van der Waals surface area contributed by atoms with Crippen molar-refractivity contribution in [1.29, 1.82) is 0 Å². The summed E-state index contributed by atoms with van der Waals surface area (Å²) in [7, 11) is 3.23. The highest BCUT2D eigenvalue weighted by atomic mass is 35.5. The first-order valence-corrected chi connectivity index (χ1v) is 7.85. The largest absolute Gasteiger partial charge is 0.493 e. The highest BCUT2D eigenvalue weighted by molar-refractivity contribution is 5.85. The number of carbonyl (C=O) groups excluding carboxylic acids is 1. The topological polar surface area (TPSA) is 59.6 Å². The minimum Gasteiger partial charge on any atom is -0.493 e. The highest BCUT2D eigenvalue weighted by Gasteiger charge is 2.22. The van der Waals surface area contributed by atoms with Crippen LogP contribution in [-0.2, 0) is 11.2 Å². The molecule has 0 spiro atoms. The van der Waals surface area contributed by atoms with Crippen LogP contribution >= 0.6 is 12.4 Å². The van der Waals surface area contributed by atoms with Gasteiger partial charge in [-0.2, -0.15) is 0 Å². The number of hydrogen-bond donors (Lipinski definition) is 2. The molecule has 0 bridgehead atoms. The third kappa shape index (κ3) is 5.59. The molecular formula is C17H27ClN2O3. The van der Waals surface area contributed by atoms with Gasteiger partial charge in [-0.3, -0.25) is 4.79 Å². The normalized spacial score (nSPS) is 20.3. The molecule has 2 atom stereocenters. The van der Waals surface area contributed by atoms with Gasteiger partial charge < -0.3 is 20.1 Å². The van der Waals surface area contributed by atoms with Crippen molar-refractivity contribution in [3.05, 3.63) is 23.8 Å². The summed E-state index contributed by atoms with van der Waals surface area (Å²) in [6, 6.07) is 6.02. The maximum Gasteiger partial charge on any atom is 0.220 e. The van der Waals surface area contributed by atoms with Crippen molar-refractivity contribution in [3.63, 3.8) is 0 Å². The summed E-state index contributed by atoms with van der Waals surface area (Å²) in [5, 5.41) is 6.46. The molecule has 1 amide bonds. The molecule has 1 heterocycles. The monoisotopic (exact) mass is 342 g/mol. The van der Waals surface area contributed by atoms with Crippen molar-refractivity contribution < 1.29 is 14.3 Å². The number of nitrogens with one attached hydrogen (secondary N) is 2. The van der Waals surface area contributed by atoms with Crippen LogP contribution in [0.2, 0.25) is 0 Å². The number of hydrogen-bond acceptors (Lipinski definition) is 4. The van der Waals surface area contributed by atoms with Crippen molar-refractivity contribution in [2.75, 3.05) is 27.3 Å². The van der Waals surface area contributed by atoms with Crippen molar-refractivity contribution in [2.45, 2.75) is 32.2 Å². The molecule has 6 heteroatoms. The van der Waals surface area contributed by atoms with Gasteiger partial charge in [-0.15, -0.1) is 12.4 Å². The van der Waals surface area contributed by atoms with E-state index in [0.717, 1.165) is 25.1 Å². The Labute approximate surface area is 144 Å². The number of methoxy groups -OCH3 is 2. The zero-order valence-corrected chi connectivity index (χ0v) is 14.9. The Kier molecular flexibility index (Phi) is 8.20. The lowest BCUT2D eigenvalue weighted by Gasteiger charge is -2.30. The van der Waals surface area contributed by atoms with Crippen LogP contribution in [-0.4, -0.2) is 39.3 Å². The Morgan fingerprint density at radius 2 is 2.04 bits per heavy atom. The second kappa shape index (κ2) is 9.63. The van der Waals surface area contributed by atoms with Crippen molar-refractivity contribution >= 4 is 18.3 Å². The van der Waals surface area contributed by atoms with E-state index < -0.39 is 0 Å². The average molecular weight is 343 g/mol. The lowest BCUT2D eigenvalue weighted by Crippen LogP contribution is -2.50. The fourth-order valence-electron chi connectivity index (χ4n) is 2.76. The lowest BCUT2D eigenvalue weighted by atomic mass is 9.94. The Morgan fingerprint density at radius 1 is 1.30 bits per heavy atom. The zero-order valence-electron chi connectivity index (χ0n) is 14.1. The molecule has 1 aliphatic heterocycles. The van der Waals surface area contributed by atoms with Crippen LogP contribution in [0.15, 0.2) is 18.2 Å². The van der Waals surface area contributed by atoms with Crippen LogP contribution in [0.3, 0.4) is 0 Å². The summed E-state index contributed by atoms with van der Waals surface area (Å²) < 4.78 is 10.5. The molecule has 1 aromatic rings. The van der Waals surface area contributed by atoms with Crippen LogP contribution in [0.5, 0.6) is 11.5 Å². The van der Waals surface area contributed by atoms with E-state index in [1.165, 1.54) is 0 Å². The van der Waals surface area contributed by atoms with Gasteiger partial charge in [0.2, 0.25) is 5.91 Å². The molecule has 0 aliphatic carbocycles. The molecule has 1 aromatic carbocycles. The fraction of sp³-hybridized carbons (Fsp3) is 0.588. The Morgan fingerprint density at radius 3 is 2.70 bits per heavy atom. The minimum absolute atomic E-state index is 0. The number of benzene rings is 1. The van der Waals surface area contributed by atoms with Crippen molar-refractivity contribution in [3.8, 4) is 11.5 Å². The minimum atomic E-state index is 0. The number of rotatable bonds is 6. The van der Waals surface area contributed by atoms with E-state index in [1.807, 2.05) is 18.2 Å². The van der Waals surface area contributed by atoms with E-state index in [2.05, 4.69) is 17.6 Å². The smallest absolute Gasteiger partial charge is 0.220 e. The number of ether oxygens (including phenoxy) is 2. The van der Waals surface area contributed by atoms with Gasteiger partial charge in [0, 0.05) is 19.0 Å². The molecule has 1 fully saturated rings. The van der Waals surface area contributed by atoms with Crippen LogP contribution in [0, 0.1) is 5.92 Å². The van der Waals surface area contributed by atoms with Gasteiger partial charge in [-0.25, -0.2) is 0 Å². The first-order chi connectivity index (χ1) is 10.6. The molecule has 130 valence electrons. The number of halogens is 1. The number of carbonyl (C=O) groups is 1. The number of piperidine rings is 1. The SMILES string of the molecule is COc1ccc(CCC(=O)NC2CNCCC2C)cc1OC.Cl. The Bertz CT molecular complexity index is 511. The van der Waals surface area contributed by atoms with Crippen molar-refractivity contribution in [2.24, 2.45) is 5.92 Å². The van der Waals surface area contributed by atoms with E-state index >= 15 is 0 Å². The predicted molar refractivity (Wildman–Crippen MR) is 93.7 cm³/mol. The summed E-state index contributed by atoms with van der Waals surface area (Å²) in [6.45, 7) is 4.10. The zero-order chi connectivity index (χ0) is 15.9. The number of aryl methyl sites for hydroxylation is 1. The molecule has 0 saturated carbocycles. The summed E-state index contributed by atoms with van der Waals surface area (Å²) in [6.07, 6.45) is 2.29. The van der Waals surface area contributed by atoms with Gasteiger partial charge in [-0.05, 0) is 43.0 Å². The summed E-state index contributed by atoms with van der Waals surface area (Å²) in [4.78, 5) is 12.1. The van der Waals surface area contributed by atoms with E-state index in [0.29, 0.717) is 30.3 Å². The summed E-state index contributed by atoms with van der Waals surface area (Å²) >= 11 is 0. The van der Waals surface area contributed by atoms with Gasteiger partial charge in [-0.1, -0.05) is 13.0 Å². The van der Waals surface area contributed by atoms with Crippen LogP contribution in [0.4, 0.5) is 0 Å². The Hall–Kier alpha value is -1.46. The first-order valence-electron chi connectivity index (χ1n) is 7.85. The average Bonchev–Trinajstić information content (AvgIpc) is 2.54. The summed E-state index contributed by atoms with van der Waals surface area (Å²) in [5.74, 6) is 2.05. The maximum atomic E-state index is 12.1. The fourth-order valence-corrected chi connectivity index (χ4v) is 2.76. The van der Waals surface area contributed by atoms with Crippen molar-refractivity contribution in [1.82, 2.24) is 10.6 Å². The van der Waals surface area contributed by atoms with E-state index in [4.69, 9.17) is 9.47 Å². The number of amides is 1. The van der Waals surface area contributed by atoms with Gasteiger partial charge in [0.1, 0.15) is 0 Å². The molecule has 1 saturated heterocycles. The highest BCUT2D eigenvalue weighted by Crippen LogP contribution is 2.27. The van der Waals surface area contributed by atoms with E-state index in [-0.39, 0.29) is 24.4 Å². The molecular weight excluding hydrogens is 316 g/mol. The molecule has 0 radical (unpaired) electrons. The predicted octanol–water partition coefficient (Wildman–Crippen LogP) is 2.17. The lowest BCUT2D eigenvalue weighted by molar-refractivity contribution is -0.122. The van der Waals surface area contributed by atoms with Crippen LogP contribution in [0.1, 0.15) is 25.3 Å². The van der Waals surface area contributed by atoms with E-state index in [9.17, 15) is 4.79 Å². The van der Waals surface area contributed by atoms with Gasteiger partial charge in [0.05, 0.1) is 14.2 Å². The molecule has 1 aliphatic rings. The molecule has 23 heavy (non-hydrogen) atoms. The van der Waals surface area contributed by atoms with Gasteiger partial charge in [0.15, 0.2) is 11.5 Å². The molecule has 2 unspecified atom stereocenters. The quantitative estimate of drug-likeness (QED) is 0.832. The van der Waals surface area contributed by atoms with E-state index in [1.54, 1.807) is 14.2 Å². The second-order valence-corrected chi connectivity index (χ2v) is 5.83. The molecule has 2 rings (SSSR count). The van der Waals surface area contributed by atoms with Gasteiger partial charge >= 0.3 is 0 Å². The third-order valence-electron chi connectivity index (χ3n) is 4.26. The van der Waals surface area contributed by atoms with Gasteiger partial charge in [0.25, 0.3) is 0 Å². The van der Waals surface area contributed by atoms with Crippen LogP contribution < -0.4 is 20.1 Å². The third-order valence-corrected chi connectivity index (χ3v) is 4.26. The molecule has 0 aromatic heterocycles. The summed E-state index contributed by atoms with van der Waals surface area (Å²) in [5.41, 5.74) is 1.07. The first kappa shape index (κ1) is 19.6. The molecule has 5 nitrogen and oxygen atoms in total.